The van der Waals surface area contributed by atoms with Gasteiger partial charge in [-0.3, -0.25) is 4.79 Å². The standard InChI is InChI=1S/C18H20N2O3S/c1-11-15(12-7-3-2-4-8-12)19-18(24-11)20-16(21)13-9-5-6-10-14(13)17(22)23/h2-4,7-8,13-14H,5-6,9-10H2,1H3,(H,22,23)(H,19,20,21)/p-1/t13-,14+/m0/s1. The fraction of sp³-hybridized carbons (Fsp3) is 0.389. The van der Waals surface area contributed by atoms with E-state index in [0.717, 1.165) is 29.0 Å². The molecule has 2 aromatic rings. The Morgan fingerprint density at radius 1 is 1.17 bits per heavy atom. The molecule has 1 fully saturated rings. The van der Waals surface area contributed by atoms with Crippen LogP contribution in [0.2, 0.25) is 0 Å². The average molecular weight is 343 g/mol. The highest BCUT2D eigenvalue weighted by molar-refractivity contribution is 7.16. The number of thiazole rings is 1. The molecule has 0 saturated heterocycles. The van der Waals surface area contributed by atoms with Gasteiger partial charge in [-0.15, -0.1) is 11.3 Å². The van der Waals surface area contributed by atoms with Crippen LogP contribution < -0.4 is 10.4 Å². The first-order valence-corrected chi connectivity index (χ1v) is 8.92. The number of aryl methyl sites for hydroxylation is 1. The molecule has 1 aliphatic rings. The van der Waals surface area contributed by atoms with Crippen molar-refractivity contribution in [3.63, 3.8) is 0 Å². The van der Waals surface area contributed by atoms with Gasteiger partial charge in [-0.25, -0.2) is 4.98 Å². The molecule has 1 aromatic carbocycles. The summed E-state index contributed by atoms with van der Waals surface area (Å²) in [7, 11) is 0. The number of anilines is 1. The number of amides is 1. The van der Waals surface area contributed by atoms with Crippen LogP contribution in [0.25, 0.3) is 11.3 Å². The number of nitrogens with one attached hydrogen (secondary N) is 1. The van der Waals surface area contributed by atoms with Crippen molar-refractivity contribution in [2.75, 3.05) is 5.32 Å². The lowest BCUT2D eigenvalue weighted by atomic mass is 9.79. The summed E-state index contributed by atoms with van der Waals surface area (Å²) in [5, 5.41) is 14.6. The minimum Gasteiger partial charge on any atom is -0.550 e. The Morgan fingerprint density at radius 2 is 1.83 bits per heavy atom. The summed E-state index contributed by atoms with van der Waals surface area (Å²) < 4.78 is 0. The summed E-state index contributed by atoms with van der Waals surface area (Å²) in [6.07, 6.45) is 2.79. The summed E-state index contributed by atoms with van der Waals surface area (Å²) in [6, 6.07) is 9.77. The molecule has 1 amide bonds. The zero-order valence-corrected chi connectivity index (χ0v) is 14.3. The molecule has 0 bridgehead atoms. The van der Waals surface area contributed by atoms with Crippen LogP contribution in [0.15, 0.2) is 30.3 Å². The fourth-order valence-corrected chi connectivity index (χ4v) is 4.08. The molecule has 6 heteroatoms. The SMILES string of the molecule is Cc1sc(NC(=O)[C@H]2CCCC[C@H]2C(=O)[O-])nc1-c1ccccc1. The molecule has 0 radical (unpaired) electrons. The van der Waals surface area contributed by atoms with Gasteiger partial charge in [0.15, 0.2) is 5.13 Å². The number of carbonyl (C=O) groups excluding carboxylic acids is 2. The van der Waals surface area contributed by atoms with E-state index in [-0.39, 0.29) is 5.91 Å². The van der Waals surface area contributed by atoms with Gasteiger partial charge in [0.1, 0.15) is 0 Å². The third kappa shape index (κ3) is 3.48. The molecule has 24 heavy (non-hydrogen) atoms. The predicted octanol–water partition coefficient (Wildman–Crippen LogP) is 2.61. The Labute approximate surface area is 144 Å². The smallest absolute Gasteiger partial charge is 0.229 e. The quantitative estimate of drug-likeness (QED) is 0.925. The molecule has 126 valence electrons. The van der Waals surface area contributed by atoms with E-state index in [9.17, 15) is 14.7 Å². The van der Waals surface area contributed by atoms with E-state index < -0.39 is 17.8 Å². The second-order valence-corrected chi connectivity index (χ2v) is 7.30. The Kier molecular flexibility index (Phi) is 4.94. The first kappa shape index (κ1) is 16.6. The summed E-state index contributed by atoms with van der Waals surface area (Å²) in [4.78, 5) is 29.3. The van der Waals surface area contributed by atoms with Crippen molar-refractivity contribution in [2.24, 2.45) is 11.8 Å². The number of aromatic nitrogens is 1. The zero-order chi connectivity index (χ0) is 17.1. The molecule has 1 saturated carbocycles. The number of nitrogens with zero attached hydrogens (tertiary/aromatic N) is 1. The van der Waals surface area contributed by atoms with Crippen molar-refractivity contribution < 1.29 is 14.7 Å². The average Bonchev–Trinajstić information content (AvgIpc) is 2.96. The van der Waals surface area contributed by atoms with Gasteiger partial charge in [0.05, 0.1) is 5.69 Å². The number of hydrogen-bond donors (Lipinski definition) is 1. The highest BCUT2D eigenvalue weighted by Gasteiger charge is 2.32. The number of carboxylic acid groups (broad SMARTS) is 1. The summed E-state index contributed by atoms with van der Waals surface area (Å²) in [5.74, 6) is -2.63. The topological polar surface area (TPSA) is 82.1 Å². The zero-order valence-electron chi connectivity index (χ0n) is 13.5. The molecular weight excluding hydrogens is 324 g/mol. The highest BCUT2D eigenvalue weighted by Crippen LogP contribution is 2.33. The van der Waals surface area contributed by atoms with Crippen LogP contribution in [-0.2, 0) is 9.59 Å². The number of carboxylic acids is 1. The first-order valence-electron chi connectivity index (χ1n) is 8.11. The summed E-state index contributed by atoms with van der Waals surface area (Å²) in [5.41, 5.74) is 1.84. The van der Waals surface area contributed by atoms with E-state index in [2.05, 4.69) is 10.3 Å². The minimum absolute atomic E-state index is 0.266. The maximum Gasteiger partial charge on any atom is 0.229 e. The van der Waals surface area contributed by atoms with Gasteiger partial charge in [-0.2, -0.15) is 0 Å². The molecule has 1 N–H and O–H groups in total. The number of rotatable bonds is 4. The van der Waals surface area contributed by atoms with Gasteiger partial charge in [0.25, 0.3) is 0 Å². The van der Waals surface area contributed by atoms with E-state index in [0.29, 0.717) is 18.0 Å². The summed E-state index contributed by atoms with van der Waals surface area (Å²) in [6.45, 7) is 1.96. The first-order chi connectivity index (χ1) is 11.6. The molecule has 1 heterocycles. The molecule has 0 unspecified atom stereocenters. The number of benzene rings is 1. The number of aliphatic carboxylic acids is 1. The van der Waals surface area contributed by atoms with Gasteiger partial charge in [-0.05, 0) is 19.8 Å². The Hall–Kier alpha value is -2.21. The lowest BCUT2D eigenvalue weighted by Crippen LogP contribution is -2.42. The lowest BCUT2D eigenvalue weighted by Gasteiger charge is -2.30. The lowest BCUT2D eigenvalue weighted by molar-refractivity contribution is -0.313. The number of carbonyl (C=O) groups is 2. The predicted molar refractivity (Wildman–Crippen MR) is 91.4 cm³/mol. The molecule has 0 spiro atoms. The monoisotopic (exact) mass is 343 g/mol. The minimum atomic E-state index is -1.13. The van der Waals surface area contributed by atoms with Crippen molar-refractivity contribution in [1.82, 2.24) is 4.98 Å². The molecule has 0 aliphatic heterocycles. The summed E-state index contributed by atoms with van der Waals surface area (Å²) >= 11 is 1.41. The molecule has 1 aliphatic carbocycles. The van der Waals surface area contributed by atoms with Crippen molar-refractivity contribution in [2.45, 2.75) is 32.6 Å². The van der Waals surface area contributed by atoms with Gasteiger partial charge in [0.2, 0.25) is 5.91 Å². The third-order valence-corrected chi connectivity index (χ3v) is 5.37. The van der Waals surface area contributed by atoms with Crippen LogP contribution in [0.3, 0.4) is 0 Å². The molecule has 2 atom stereocenters. The van der Waals surface area contributed by atoms with Crippen molar-refractivity contribution >= 4 is 28.3 Å². The second kappa shape index (κ2) is 7.13. The maximum absolute atomic E-state index is 12.5. The van der Waals surface area contributed by atoms with Gasteiger partial charge in [0, 0.05) is 28.2 Å². The molecule has 5 nitrogen and oxygen atoms in total. The van der Waals surface area contributed by atoms with Crippen molar-refractivity contribution in [3.8, 4) is 11.3 Å². The number of hydrogen-bond acceptors (Lipinski definition) is 5. The largest absolute Gasteiger partial charge is 0.550 e. The Morgan fingerprint density at radius 3 is 2.50 bits per heavy atom. The molecular formula is C18H19N2O3S-. The van der Waals surface area contributed by atoms with Gasteiger partial charge in [-0.1, -0.05) is 43.2 Å². The van der Waals surface area contributed by atoms with Crippen LogP contribution in [0.5, 0.6) is 0 Å². The van der Waals surface area contributed by atoms with Crippen LogP contribution in [0.4, 0.5) is 5.13 Å². The second-order valence-electron chi connectivity index (χ2n) is 6.10. The van der Waals surface area contributed by atoms with E-state index in [1.165, 1.54) is 11.3 Å². The van der Waals surface area contributed by atoms with Crippen LogP contribution >= 0.6 is 11.3 Å². The highest BCUT2D eigenvalue weighted by atomic mass is 32.1. The fourth-order valence-electron chi connectivity index (χ4n) is 3.24. The molecule has 1 aromatic heterocycles. The van der Waals surface area contributed by atoms with E-state index in [1.807, 2.05) is 37.3 Å². The van der Waals surface area contributed by atoms with Crippen LogP contribution in [0, 0.1) is 18.8 Å². The van der Waals surface area contributed by atoms with Crippen molar-refractivity contribution in [3.05, 3.63) is 35.2 Å². The van der Waals surface area contributed by atoms with Crippen LogP contribution in [-0.4, -0.2) is 16.9 Å². The van der Waals surface area contributed by atoms with E-state index in [4.69, 9.17) is 0 Å². The Bertz CT molecular complexity index is 742. The van der Waals surface area contributed by atoms with Gasteiger partial charge >= 0.3 is 0 Å². The van der Waals surface area contributed by atoms with Crippen molar-refractivity contribution in [1.29, 1.82) is 0 Å². The third-order valence-electron chi connectivity index (χ3n) is 4.48. The Balaban J connectivity index is 1.76. The normalized spacial score (nSPS) is 20.5. The van der Waals surface area contributed by atoms with Crippen LogP contribution in [0.1, 0.15) is 30.6 Å². The van der Waals surface area contributed by atoms with E-state index >= 15 is 0 Å². The molecule has 3 rings (SSSR count). The van der Waals surface area contributed by atoms with Gasteiger partial charge < -0.3 is 15.2 Å². The van der Waals surface area contributed by atoms with E-state index in [1.54, 1.807) is 0 Å². The maximum atomic E-state index is 12.5.